The van der Waals surface area contributed by atoms with E-state index in [9.17, 15) is 9.59 Å². The molecule has 0 atom stereocenters. The number of nitrogens with one attached hydrogen (secondary N) is 2. The van der Waals surface area contributed by atoms with E-state index in [1.807, 2.05) is 48.5 Å². The molecule has 2 aromatic carbocycles. The van der Waals surface area contributed by atoms with E-state index in [4.69, 9.17) is 9.15 Å². The number of nitrogens with zero attached hydrogens (tertiary/aromatic N) is 3. The molecular weight excluding hydrogens is 458 g/mol. The van der Waals surface area contributed by atoms with Crippen LogP contribution in [0.25, 0.3) is 17.4 Å². The van der Waals surface area contributed by atoms with Gasteiger partial charge >= 0.3 is 0 Å². The highest BCUT2D eigenvalue weighted by Crippen LogP contribution is 2.44. The largest absolute Gasteiger partial charge is 0.463 e. The first-order chi connectivity index (χ1) is 17.5. The van der Waals surface area contributed by atoms with Gasteiger partial charge in [0.1, 0.15) is 23.0 Å². The lowest BCUT2D eigenvalue weighted by Crippen LogP contribution is -2.26. The fraction of sp³-hybridized carbons (Fsp3) is 0.111. The van der Waals surface area contributed by atoms with Gasteiger partial charge in [0, 0.05) is 28.5 Å². The molecule has 1 aliphatic heterocycles. The van der Waals surface area contributed by atoms with Crippen molar-refractivity contribution in [2.75, 3.05) is 5.32 Å². The first kappa shape index (κ1) is 21.6. The topological polar surface area (TPSA) is 115 Å². The molecule has 0 unspecified atom stereocenters. The maximum Gasteiger partial charge on any atom is 0.255 e. The quantitative estimate of drug-likeness (QED) is 0.386. The zero-order chi connectivity index (χ0) is 24.8. The van der Waals surface area contributed by atoms with Crippen LogP contribution in [0, 0.1) is 13.8 Å². The molecule has 2 N–H and O–H groups in total. The number of furan rings is 1. The number of aryl methyl sites for hydroxylation is 1. The Morgan fingerprint density at radius 2 is 1.69 bits per heavy atom. The van der Waals surface area contributed by atoms with E-state index in [0.717, 1.165) is 11.1 Å². The lowest BCUT2D eigenvalue weighted by atomic mass is 9.87. The van der Waals surface area contributed by atoms with Crippen molar-refractivity contribution in [3.05, 3.63) is 106 Å². The third-order valence-corrected chi connectivity index (χ3v) is 6.26. The fourth-order valence-electron chi connectivity index (χ4n) is 4.30. The monoisotopic (exact) mass is 479 g/mol. The summed E-state index contributed by atoms with van der Waals surface area (Å²) in [7, 11) is 0. The summed E-state index contributed by atoms with van der Waals surface area (Å²) in [4.78, 5) is 33.5. The van der Waals surface area contributed by atoms with E-state index in [0.29, 0.717) is 40.0 Å². The van der Waals surface area contributed by atoms with Crippen molar-refractivity contribution in [3.63, 3.8) is 0 Å². The van der Waals surface area contributed by atoms with Crippen LogP contribution in [0.3, 0.4) is 0 Å². The molecule has 0 bridgehead atoms. The van der Waals surface area contributed by atoms with Crippen LogP contribution in [0.5, 0.6) is 11.5 Å². The van der Waals surface area contributed by atoms with Crippen LogP contribution in [0.1, 0.15) is 28.3 Å². The number of ether oxygens (including phenoxy) is 1. The number of carbonyl (C=O) groups excluding carboxylic acids is 1. The third kappa shape index (κ3) is 3.58. The molecule has 0 aliphatic carbocycles. The second-order valence-electron chi connectivity index (χ2n) is 8.50. The Hall–Kier alpha value is -4.92. The number of carbonyl (C=O) groups is 1. The van der Waals surface area contributed by atoms with Crippen LogP contribution in [-0.2, 0) is 4.79 Å². The summed E-state index contributed by atoms with van der Waals surface area (Å²) in [6.45, 7) is 3.45. The zero-order valence-corrected chi connectivity index (χ0v) is 19.5. The summed E-state index contributed by atoms with van der Waals surface area (Å²) >= 11 is 0. The second kappa shape index (κ2) is 8.38. The molecule has 9 nitrogen and oxygen atoms in total. The normalized spacial score (nSPS) is 12.5. The molecular formula is C27H21N5O4. The first-order valence-electron chi connectivity index (χ1n) is 11.4. The van der Waals surface area contributed by atoms with Crippen molar-refractivity contribution >= 4 is 11.7 Å². The maximum absolute atomic E-state index is 13.8. The maximum atomic E-state index is 13.8. The molecule has 178 valence electrons. The molecule has 1 aliphatic rings. The highest BCUT2D eigenvalue weighted by Gasteiger charge is 2.33. The summed E-state index contributed by atoms with van der Waals surface area (Å²) < 4.78 is 12.9. The summed E-state index contributed by atoms with van der Waals surface area (Å²) in [5.74, 6) is 1.38. The van der Waals surface area contributed by atoms with Crippen molar-refractivity contribution in [2.45, 2.75) is 19.8 Å². The molecule has 0 saturated heterocycles. The highest BCUT2D eigenvalue weighted by molar-refractivity contribution is 5.99. The van der Waals surface area contributed by atoms with E-state index < -0.39 is 5.92 Å². The molecule has 3 aromatic heterocycles. The Kier molecular flexibility index (Phi) is 5.03. The summed E-state index contributed by atoms with van der Waals surface area (Å²) in [6, 6.07) is 20.1. The van der Waals surface area contributed by atoms with E-state index in [2.05, 4.69) is 20.4 Å². The lowest BCUT2D eigenvalue weighted by molar-refractivity contribution is -0.116. The van der Waals surface area contributed by atoms with Crippen molar-refractivity contribution in [2.24, 2.45) is 0 Å². The number of hydrogen-bond donors (Lipinski definition) is 2. The minimum atomic E-state index is -0.617. The molecule has 1 amide bonds. The molecule has 0 fully saturated rings. The van der Waals surface area contributed by atoms with Crippen molar-refractivity contribution in [1.82, 2.24) is 19.7 Å². The number of rotatable bonds is 4. The average Bonchev–Trinajstić information content (AvgIpc) is 3.56. The molecule has 5 aromatic rings. The van der Waals surface area contributed by atoms with Crippen LogP contribution in [0.2, 0.25) is 0 Å². The predicted octanol–water partition coefficient (Wildman–Crippen LogP) is 4.71. The lowest BCUT2D eigenvalue weighted by Gasteiger charge is -2.27. The first-order valence-corrected chi connectivity index (χ1v) is 11.4. The minimum absolute atomic E-state index is 0.184. The van der Waals surface area contributed by atoms with Crippen molar-refractivity contribution < 1.29 is 13.9 Å². The van der Waals surface area contributed by atoms with Crippen LogP contribution in [-0.4, -0.2) is 25.7 Å². The van der Waals surface area contributed by atoms with E-state index in [1.54, 1.807) is 38.3 Å². The number of aromatic amines is 1. The summed E-state index contributed by atoms with van der Waals surface area (Å²) in [5, 5.41) is 7.57. The van der Waals surface area contributed by atoms with Gasteiger partial charge in [-0.2, -0.15) is 9.78 Å². The molecule has 0 radical (unpaired) electrons. The Bertz CT molecular complexity index is 1620. The number of benzene rings is 2. The number of H-pyrrole nitrogens is 1. The van der Waals surface area contributed by atoms with Gasteiger partial charge in [0.2, 0.25) is 11.9 Å². The van der Waals surface area contributed by atoms with Gasteiger partial charge in [-0.1, -0.05) is 36.4 Å². The molecule has 9 heteroatoms. The highest BCUT2D eigenvalue weighted by atomic mass is 16.5. The second-order valence-corrected chi connectivity index (χ2v) is 8.50. The Morgan fingerprint density at radius 1 is 1.00 bits per heavy atom. The van der Waals surface area contributed by atoms with Crippen LogP contribution < -0.4 is 15.6 Å². The van der Waals surface area contributed by atoms with Gasteiger partial charge in [0.25, 0.3) is 5.56 Å². The van der Waals surface area contributed by atoms with Crippen LogP contribution in [0.4, 0.5) is 5.82 Å². The number of aromatic nitrogens is 4. The van der Waals surface area contributed by atoms with Crippen molar-refractivity contribution in [1.29, 1.82) is 0 Å². The molecule has 36 heavy (non-hydrogen) atoms. The fourth-order valence-corrected chi connectivity index (χ4v) is 4.30. The number of amides is 1. The van der Waals surface area contributed by atoms with E-state index in [-0.39, 0.29) is 17.4 Å². The minimum Gasteiger partial charge on any atom is -0.463 e. The smallest absolute Gasteiger partial charge is 0.255 e. The van der Waals surface area contributed by atoms with E-state index >= 15 is 0 Å². The van der Waals surface area contributed by atoms with E-state index in [1.165, 1.54) is 4.68 Å². The van der Waals surface area contributed by atoms with Gasteiger partial charge in [0.05, 0.1) is 12.2 Å². The molecule has 0 saturated carbocycles. The SMILES string of the molecule is Cc1nc(-n2nc(-c3ccco3)cc2NC(=O)C2c3ccccc3Oc3ccccc32)[nH]c(=O)c1C. The van der Waals surface area contributed by atoms with Gasteiger partial charge in [0.15, 0.2) is 5.76 Å². The number of para-hydroxylation sites is 2. The average molecular weight is 479 g/mol. The predicted molar refractivity (Wildman–Crippen MR) is 133 cm³/mol. The standard InChI is InChI=1S/C27H21N5O4/c1-15-16(2)28-27(30-25(15)33)32-23(14-19(31-32)22-12-7-13-35-22)29-26(34)24-17-8-3-5-10-20(17)36-21-11-6-4-9-18(21)24/h3-14,24H,1-2H3,(H,29,34)(H,28,30,33). The number of fused-ring (bicyclic) bond motifs is 2. The Labute approximate surface area is 205 Å². The molecule has 6 rings (SSSR count). The van der Waals surface area contributed by atoms with Crippen molar-refractivity contribution in [3.8, 4) is 28.9 Å². The van der Waals surface area contributed by atoms with Gasteiger partial charge in [-0.25, -0.2) is 4.98 Å². The van der Waals surface area contributed by atoms with Gasteiger partial charge < -0.3 is 14.5 Å². The van der Waals surface area contributed by atoms with Crippen LogP contribution in [0.15, 0.2) is 82.2 Å². The van der Waals surface area contributed by atoms with Gasteiger partial charge in [-0.15, -0.1) is 0 Å². The molecule has 0 spiro atoms. The summed E-state index contributed by atoms with van der Waals surface area (Å²) in [5.41, 5.74) is 2.78. The molecule has 4 heterocycles. The number of hydrogen-bond acceptors (Lipinski definition) is 6. The van der Waals surface area contributed by atoms with Gasteiger partial charge in [-0.05, 0) is 38.1 Å². The summed E-state index contributed by atoms with van der Waals surface area (Å²) in [6.07, 6.45) is 1.54. The Morgan fingerprint density at radius 3 is 2.33 bits per heavy atom. The third-order valence-electron chi connectivity index (χ3n) is 6.26. The number of anilines is 1. The zero-order valence-electron chi connectivity index (χ0n) is 19.5. The van der Waals surface area contributed by atoms with Gasteiger partial charge in [-0.3, -0.25) is 14.6 Å². The Balaban J connectivity index is 1.45. The van der Waals surface area contributed by atoms with Crippen LogP contribution >= 0.6 is 0 Å².